The number of hydrazone groups is 1. The fourth-order valence-corrected chi connectivity index (χ4v) is 2.55. The van der Waals surface area contributed by atoms with Gasteiger partial charge in [0.1, 0.15) is 11.5 Å². The molecule has 7 nitrogen and oxygen atoms in total. The Balaban J connectivity index is 1.65. The fourth-order valence-electron chi connectivity index (χ4n) is 2.55. The number of nitrogens with zero attached hydrogens (tertiary/aromatic N) is 2. The van der Waals surface area contributed by atoms with E-state index in [9.17, 15) is 15.0 Å². The first-order valence-electron chi connectivity index (χ1n) is 7.92. The van der Waals surface area contributed by atoms with Crippen LogP contribution >= 0.6 is 0 Å². The van der Waals surface area contributed by atoms with Crippen molar-refractivity contribution < 1.29 is 19.7 Å². The van der Waals surface area contributed by atoms with Crippen molar-refractivity contribution in [3.8, 4) is 11.5 Å². The SMILES string of the molecule is O=C(NN=Cc1ccc(N2CCOCC2)cc1O)c1ccccc1O. The van der Waals surface area contributed by atoms with Crippen LogP contribution in [0, 0.1) is 0 Å². The number of carbonyl (C=O) groups excluding carboxylic acids is 1. The Labute approximate surface area is 145 Å². The number of anilines is 1. The van der Waals surface area contributed by atoms with Gasteiger partial charge < -0.3 is 19.8 Å². The molecule has 1 fully saturated rings. The van der Waals surface area contributed by atoms with Crippen molar-refractivity contribution in [1.82, 2.24) is 5.43 Å². The third-order valence-electron chi connectivity index (χ3n) is 3.91. The quantitative estimate of drug-likeness (QED) is 0.581. The van der Waals surface area contributed by atoms with Crippen LogP contribution < -0.4 is 10.3 Å². The molecule has 0 spiro atoms. The van der Waals surface area contributed by atoms with Gasteiger partial charge in [0.05, 0.1) is 25.0 Å². The van der Waals surface area contributed by atoms with Crippen LogP contribution in [0.5, 0.6) is 11.5 Å². The predicted octanol–water partition coefficient (Wildman–Crippen LogP) is 1.70. The summed E-state index contributed by atoms with van der Waals surface area (Å²) in [5, 5.41) is 23.6. The van der Waals surface area contributed by atoms with Crippen LogP contribution in [0.2, 0.25) is 0 Å². The molecule has 1 aliphatic rings. The second-order valence-electron chi connectivity index (χ2n) is 5.56. The Morgan fingerprint density at radius 2 is 1.88 bits per heavy atom. The van der Waals surface area contributed by atoms with Crippen LogP contribution in [0.1, 0.15) is 15.9 Å². The van der Waals surface area contributed by atoms with E-state index in [4.69, 9.17) is 4.74 Å². The largest absolute Gasteiger partial charge is 0.507 e. The molecule has 1 aliphatic heterocycles. The maximum atomic E-state index is 11.9. The topological polar surface area (TPSA) is 94.4 Å². The molecule has 2 aromatic rings. The molecule has 0 unspecified atom stereocenters. The molecule has 0 saturated carbocycles. The lowest BCUT2D eigenvalue weighted by molar-refractivity contribution is 0.0952. The molecule has 25 heavy (non-hydrogen) atoms. The van der Waals surface area contributed by atoms with Gasteiger partial charge in [-0.2, -0.15) is 5.10 Å². The summed E-state index contributed by atoms with van der Waals surface area (Å²) in [6, 6.07) is 11.5. The molecular weight excluding hydrogens is 322 g/mol. The number of phenols is 2. The Kier molecular flexibility index (Phi) is 5.15. The van der Waals surface area contributed by atoms with E-state index in [-0.39, 0.29) is 17.1 Å². The van der Waals surface area contributed by atoms with Gasteiger partial charge in [0.15, 0.2) is 0 Å². The van der Waals surface area contributed by atoms with Gasteiger partial charge in [-0.3, -0.25) is 4.79 Å². The van der Waals surface area contributed by atoms with Gasteiger partial charge in [-0.25, -0.2) is 5.43 Å². The number of benzene rings is 2. The molecule has 7 heteroatoms. The molecule has 0 bridgehead atoms. The summed E-state index contributed by atoms with van der Waals surface area (Å²) < 4.78 is 5.31. The third-order valence-corrected chi connectivity index (χ3v) is 3.91. The lowest BCUT2D eigenvalue weighted by Crippen LogP contribution is -2.36. The minimum atomic E-state index is -0.529. The number of para-hydroxylation sites is 1. The summed E-state index contributed by atoms with van der Waals surface area (Å²) in [6.07, 6.45) is 1.36. The minimum absolute atomic E-state index is 0.0737. The highest BCUT2D eigenvalue weighted by Crippen LogP contribution is 2.24. The minimum Gasteiger partial charge on any atom is -0.507 e. The van der Waals surface area contributed by atoms with E-state index in [1.165, 1.54) is 18.3 Å². The van der Waals surface area contributed by atoms with E-state index in [0.717, 1.165) is 18.8 Å². The monoisotopic (exact) mass is 341 g/mol. The van der Waals surface area contributed by atoms with Gasteiger partial charge in [0, 0.05) is 30.4 Å². The molecule has 0 aromatic heterocycles. The van der Waals surface area contributed by atoms with E-state index in [1.807, 2.05) is 6.07 Å². The molecule has 130 valence electrons. The van der Waals surface area contributed by atoms with Crippen LogP contribution in [0.25, 0.3) is 0 Å². The molecule has 3 rings (SSSR count). The number of ether oxygens (including phenoxy) is 1. The van der Waals surface area contributed by atoms with Gasteiger partial charge in [0.25, 0.3) is 5.91 Å². The molecule has 1 heterocycles. The van der Waals surface area contributed by atoms with Crippen LogP contribution in [-0.2, 0) is 4.74 Å². The highest BCUT2D eigenvalue weighted by Gasteiger charge is 2.13. The van der Waals surface area contributed by atoms with Crippen LogP contribution in [0.3, 0.4) is 0 Å². The fraction of sp³-hybridized carbons (Fsp3) is 0.222. The molecule has 0 atom stereocenters. The average Bonchev–Trinajstić information content (AvgIpc) is 2.64. The van der Waals surface area contributed by atoms with Gasteiger partial charge >= 0.3 is 0 Å². The number of carbonyl (C=O) groups is 1. The molecule has 0 radical (unpaired) electrons. The summed E-state index contributed by atoms with van der Waals surface area (Å²) in [6.45, 7) is 2.90. The number of aromatic hydroxyl groups is 2. The normalized spacial score (nSPS) is 14.6. The second-order valence-corrected chi connectivity index (χ2v) is 5.56. The highest BCUT2D eigenvalue weighted by atomic mass is 16.5. The van der Waals surface area contributed by atoms with E-state index in [2.05, 4.69) is 15.4 Å². The van der Waals surface area contributed by atoms with Crippen LogP contribution in [-0.4, -0.2) is 48.6 Å². The van der Waals surface area contributed by atoms with Crippen molar-refractivity contribution in [2.75, 3.05) is 31.2 Å². The first-order valence-corrected chi connectivity index (χ1v) is 7.92. The van der Waals surface area contributed by atoms with Crippen LogP contribution in [0.15, 0.2) is 47.6 Å². The van der Waals surface area contributed by atoms with Gasteiger partial charge in [-0.1, -0.05) is 12.1 Å². The summed E-state index contributed by atoms with van der Waals surface area (Å²) in [7, 11) is 0. The summed E-state index contributed by atoms with van der Waals surface area (Å²) in [5.41, 5.74) is 3.85. The zero-order valence-electron chi connectivity index (χ0n) is 13.6. The highest BCUT2D eigenvalue weighted by molar-refractivity contribution is 5.97. The van der Waals surface area contributed by atoms with Gasteiger partial charge in [0.2, 0.25) is 0 Å². The summed E-state index contributed by atoms with van der Waals surface area (Å²) in [4.78, 5) is 14.1. The van der Waals surface area contributed by atoms with E-state index in [1.54, 1.807) is 24.3 Å². The smallest absolute Gasteiger partial charge is 0.275 e. The van der Waals surface area contributed by atoms with Crippen molar-refractivity contribution in [2.45, 2.75) is 0 Å². The van der Waals surface area contributed by atoms with Gasteiger partial charge in [-0.05, 0) is 24.3 Å². The van der Waals surface area contributed by atoms with Crippen molar-refractivity contribution >= 4 is 17.8 Å². The molecule has 1 saturated heterocycles. The zero-order chi connectivity index (χ0) is 17.6. The lowest BCUT2D eigenvalue weighted by atomic mass is 10.1. The first-order chi connectivity index (χ1) is 12.1. The molecule has 3 N–H and O–H groups in total. The number of hydrogen-bond acceptors (Lipinski definition) is 6. The standard InChI is InChI=1S/C18H19N3O4/c22-16-4-2-1-3-15(16)18(24)20-19-12-13-5-6-14(11-17(13)23)21-7-9-25-10-8-21/h1-6,11-12,22-23H,7-10H2,(H,20,24). The van der Waals surface area contributed by atoms with Crippen molar-refractivity contribution in [1.29, 1.82) is 0 Å². The van der Waals surface area contributed by atoms with Crippen LogP contribution in [0.4, 0.5) is 5.69 Å². The maximum Gasteiger partial charge on any atom is 0.275 e. The number of phenolic OH excluding ortho intramolecular Hbond substituents is 2. The van der Waals surface area contributed by atoms with E-state index >= 15 is 0 Å². The Bertz CT molecular complexity index is 786. The van der Waals surface area contributed by atoms with Crippen molar-refractivity contribution in [3.63, 3.8) is 0 Å². The Morgan fingerprint density at radius 3 is 2.60 bits per heavy atom. The molecule has 1 amide bonds. The molecule has 0 aliphatic carbocycles. The maximum absolute atomic E-state index is 11.9. The predicted molar refractivity (Wildman–Crippen MR) is 94.3 cm³/mol. The summed E-state index contributed by atoms with van der Waals surface area (Å²) in [5.74, 6) is -0.573. The summed E-state index contributed by atoms with van der Waals surface area (Å²) >= 11 is 0. The number of morpholine rings is 1. The number of amides is 1. The van der Waals surface area contributed by atoms with E-state index in [0.29, 0.717) is 18.8 Å². The Morgan fingerprint density at radius 1 is 1.12 bits per heavy atom. The Hall–Kier alpha value is -3.06. The molecular formula is C18H19N3O4. The number of nitrogens with one attached hydrogen (secondary N) is 1. The van der Waals surface area contributed by atoms with Gasteiger partial charge in [-0.15, -0.1) is 0 Å². The van der Waals surface area contributed by atoms with Crippen molar-refractivity contribution in [3.05, 3.63) is 53.6 Å². The van der Waals surface area contributed by atoms with Crippen molar-refractivity contribution in [2.24, 2.45) is 5.10 Å². The number of hydrogen-bond donors (Lipinski definition) is 3. The second kappa shape index (κ2) is 7.67. The van der Waals surface area contributed by atoms with E-state index < -0.39 is 5.91 Å². The lowest BCUT2D eigenvalue weighted by Gasteiger charge is -2.29. The third kappa shape index (κ3) is 4.07. The molecule has 2 aromatic carbocycles. The number of rotatable bonds is 4. The first kappa shape index (κ1) is 16.8. The average molecular weight is 341 g/mol. The zero-order valence-corrected chi connectivity index (χ0v) is 13.6.